The number of piperidine rings is 1. The monoisotopic (exact) mass is 434 g/mol. The molecular formula is C20H23FN4O4S. The highest BCUT2D eigenvalue weighted by molar-refractivity contribution is 7.88. The summed E-state index contributed by atoms with van der Waals surface area (Å²) in [5.41, 5.74) is 0.782. The molecule has 1 N–H and O–H groups in total. The number of aromatic amines is 1. The Morgan fingerprint density at radius 3 is 2.80 bits per heavy atom. The minimum absolute atomic E-state index is 0.00656. The first kappa shape index (κ1) is 20.7. The van der Waals surface area contributed by atoms with Crippen LogP contribution in [0.15, 0.2) is 29.1 Å². The van der Waals surface area contributed by atoms with E-state index in [1.54, 1.807) is 11.0 Å². The summed E-state index contributed by atoms with van der Waals surface area (Å²) in [7, 11) is -3.40. The number of nitrogens with zero attached hydrogens (tertiary/aromatic N) is 3. The summed E-state index contributed by atoms with van der Waals surface area (Å²) in [6, 6.07) is 5.14. The van der Waals surface area contributed by atoms with Gasteiger partial charge in [0.15, 0.2) is 0 Å². The Kier molecular flexibility index (Phi) is 5.46. The molecule has 2 aliphatic rings. The van der Waals surface area contributed by atoms with Crippen molar-refractivity contribution in [2.45, 2.75) is 38.3 Å². The van der Waals surface area contributed by atoms with Gasteiger partial charge in [-0.25, -0.2) is 17.8 Å². The Morgan fingerprint density at radius 2 is 2.07 bits per heavy atom. The average Bonchev–Trinajstić information content (AvgIpc) is 2.72. The molecule has 1 aromatic carbocycles. The topological polar surface area (TPSA) is 103 Å². The van der Waals surface area contributed by atoms with Crippen molar-refractivity contribution in [1.29, 1.82) is 0 Å². The van der Waals surface area contributed by atoms with Crippen LogP contribution in [0.3, 0.4) is 0 Å². The third-order valence-corrected chi connectivity index (χ3v) is 6.92. The van der Waals surface area contributed by atoms with Gasteiger partial charge < -0.3 is 9.88 Å². The fourth-order valence-corrected chi connectivity index (χ4v) is 4.89. The number of sulfonamides is 1. The minimum Gasteiger partial charge on any atom is -0.328 e. The Bertz CT molecular complexity index is 1150. The predicted molar refractivity (Wildman–Crippen MR) is 108 cm³/mol. The van der Waals surface area contributed by atoms with E-state index in [1.165, 1.54) is 22.5 Å². The fraction of sp³-hybridized carbons (Fsp3) is 0.450. The van der Waals surface area contributed by atoms with E-state index in [0.717, 1.165) is 19.1 Å². The summed E-state index contributed by atoms with van der Waals surface area (Å²) in [6.45, 7) is 0.744. The zero-order chi connectivity index (χ0) is 21.5. The van der Waals surface area contributed by atoms with Crippen molar-refractivity contribution in [1.82, 2.24) is 19.2 Å². The number of carbonyl (C=O) groups excluding carboxylic acids is 1. The van der Waals surface area contributed by atoms with Gasteiger partial charge in [0.2, 0.25) is 10.0 Å². The van der Waals surface area contributed by atoms with E-state index < -0.39 is 21.9 Å². The van der Waals surface area contributed by atoms with Crippen molar-refractivity contribution >= 4 is 15.9 Å². The van der Waals surface area contributed by atoms with Gasteiger partial charge in [-0.15, -0.1) is 0 Å². The molecule has 0 radical (unpaired) electrons. The standard InChI is InChI=1S/C20H23FN4O4S/c1-30(28,29)24-10-8-16-15(12-24)19(26)23-18(22-16)17-7-2-3-9-25(17)20(27)13-5-4-6-14(21)11-13/h4-6,11,17H,2-3,7-10,12H2,1H3,(H,22,23,26)/t17-/m1/s1. The van der Waals surface area contributed by atoms with E-state index in [0.29, 0.717) is 36.5 Å². The van der Waals surface area contributed by atoms with E-state index in [2.05, 4.69) is 9.97 Å². The Morgan fingerprint density at radius 1 is 1.27 bits per heavy atom. The Hall–Kier alpha value is -2.59. The first-order chi connectivity index (χ1) is 14.2. The molecular weight excluding hydrogens is 411 g/mol. The SMILES string of the molecule is CS(=O)(=O)N1CCc2nc([C@H]3CCCCN3C(=O)c3cccc(F)c3)[nH]c(=O)c2C1. The molecule has 4 rings (SSSR count). The molecule has 0 bridgehead atoms. The fourth-order valence-electron chi connectivity index (χ4n) is 4.11. The van der Waals surface area contributed by atoms with Crippen molar-refractivity contribution in [2.24, 2.45) is 0 Å². The smallest absolute Gasteiger partial charge is 0.255 e. The van der Waals surface area contributed by atoms with Crippen molar-refractivity contribution < 1.29 is 17.6 Å². The quantitative estimate of drug-likeness (QED) is 0.790. The normalized spacial score (nSPS) is 20.1. The van der Waals surface area contributed by atoms with Crippen LogP contribution < -0.4 is 5.56 Å². The third-order valence-electron chi connectivity index (χ3n) is 5.67. The Labute approximate surface area is 173 Å². The van der Waals surface area contributed by atoms with Gasteiger partial charge >= 0.3 is 0 Å². The molecule has 160 valence electrons. The number of likely N-dealkylation sites (tertiary alicyclic amines) is 1. The van der Waals surface area contributed by atoms with Gasteiger partial charge in [-0.05, 0) is 37.5 Å². The van der Waals surface area contributed by atoms with Crippen molar-refractivity contribution in [3.05, 3.63) is 63.1 Å². The Balaban J connectivity index is 1.66. The number of nitrogens with one attached hydrogen (secondary N) is 1. The molecule has 1 amide bonds. The summed E-state index contributed by atoms with van der Waals surface area (Å²) in [5.74, 6) is -0.385. The highest BCUT2D eigenvalue weighted by atomic mass is 32.2. The number of rotatable bonds is 3. The molecule has 30 heavy (non-hydrogen) atoms. The number of benzene rings is 1. The molecule has 10 heteroatoms. The zero-order valence-electron chi connectivity index (χ0n) is 16.6. The molecule has 1 atom stereocenters. The second-order valence-electron chi connectivity index (χ2n) is 7.74. The van der Waals surface area contributed by atoms with E-state index in [1.807, 2.05) is 0 Å². The highest BCUT2D eigenvalue weighted by Gasteiger charge is 2.33. The van der Waals surface area contributed by atoms with Gasteiger partial charge in [-0.2, -0.15) is 4.31 Å². The number of aromatic nitrogens is 2. The van der Waals surface area contributed by atoms with Crippen LogP contribution in [-0.4, -0.2) is 52.8 Å². The van der Waals surface area contributed by atoms with Crippen LogP contribution in [-0.2, 0) is 23.0 Å². The number of H-pyrrole nitrogens is 1. The van der Waals surface area contributed by atoms with Crippen molar-refractivity contribution in [3.8, 4) is 0 Å². The van der Waals surface area contributed by atoms with Gasteiger partial charge in [0.1, 0.15) is 11.6 Å². The molecule has 8 nitrogen and oxygen atoms in total. The van der Waals surface area contributed by atoms with Crippen LogP contribution in [0.25, 0.3) is 0 Å². The van der Waals surface area contributed by atoms with Gasteiger partial charge in [0, 0.05) is 31.6 Å². The van der Waals surface area contributed by atoms with Crippen molar-refractivity contribution in [2.75, 3.05) is 19.3 Å². The van der Waals surface area contributed by atoms with E-state index in [-0.39, 0.29) is 30.1 Å². The minimum atomic E-state index is -3.40. The lowest BCUT2D eigenvalue weighted by Crippen LogP contribution is -2.42. The van der Waals surface area contributed by atoms with E-state index in [4.69, 9.17) is 0 Å². The zero-order valence-corrected chi connectivity index (χ0v) is 17.4. The molecule has 2 aromatic rings. The highest BCUT2D eigenvalue weighted by Crippen LogP contribution is 2.31. The number of amides is 1. The molecule has 1 fully saturated rings. The van der Waals surface area contributed by atoms with Crippen LogP contribution in [0.5, 0.6) is 0 Å². The summed E-state index contributed by atoms with van der Waals surface area (Å²) >= 11 is 0. The van der Waals surface area contributed by atoms with E-state index in [9.17, 15) is 22.4 Å². The summed E-state index contributed by atoms with van der Waals surface area (Å²) < 4.78 is 38.5. The largest absolute Gasteiger partial charge is 0.328 e. The van der Waals surface area contributed by atoms with Crippen molar-refractivity contribution in [3.63, 3.8) is 0 Å². The summed E-state index contributed by atoms with van der Waals surface area (Å²) in [6.07, 6.45) is 3.78. The maximum absolute atomic E-state index is 13.6. The third kappa shape index (κ3) is 4.01. The lowest BCUT2D eigenvalue weighted by Gasteiger charge is -2.35. The molecule has 2 aliphatic heterocycles. The number of halogens is 1. The molecule has 0 aliphatic carbocycles. The first-order valence-electron chi connectivity index (χ1n) is 9.87. The van der Waals surface area contributed by atoms with Gasteiger partial charge in [0.25, 0.3) is 11.5 Å². The molecule has 3 heterocycles. The molecule has 1 saturated heterocycles. The molecule has 1 aromatic heterocycles. The van der Waals surface area contributed by atoms with Gasteiger partial charge in [-0.1, -0.05) is 6.07 Å². The van der Waals surface area contributed by atoms with E-state index >= 15 is 0 Å². The summed E-state index contributed by atoms with van der Waals surface area (Å²) in [4.78, 5) is 34.8. The molecule has 0 unspecified atom stereocenters. The summed E-state index contributed by atoms with van der Waals surface area (Å²) in [5, 5.41) is 0. The molecule has 0 spiro atoms. The second-order valence-corrected chi connectivity index (χ2v) is 9.73. The van der Waals surface area contributed by atoms with Gasteiger partial charge in [-0.3, -0.25) is 9.59 Å². The number of hydrogen-bond donors (Lipinski definition) is 1. The predicted octanol–water partition coefficient (Wildman–Crippen LogP) is 1.59. The maximum atomic E-state index is 13.6. The van der Waals surface area contributed by atoms with Crippen LogP contribution in [0.2, 0.25) is 0 Å². The second kappa shape index (κ2) is 7.92. The lowest BCUT2D eigenvalue weighted by atomic mass is 9.99. The van der Waals surface area contributed by atoms with Crippen LogP contribution >= 0.6 is 0 Å². The van der Waals surface area contributed by atoms with Crippen LogP contribution in [0.4, 0.5) is 4.39 Å². The van der Waals surface area contributed by atoms with Crippen LogP contribution in [0, 0.1) is 5.82 Å². The number of carbonyl (C=O) groups is 1. The number of hydrogen-bond acceptors (Lipinski definition) is 5. The van der Waals surface area contributed by atoms with Crippen LogP contribution in [0.1, 0.15) is 52.7 Å². The first-order valence-corrected chi connectivity index (χ1v) is 11.7. The number of fused-ring (bicyclic) bond motifs is 1. The lowest BCUT2D eigenvalue weighted by molar-refractivity contribution is 0.0598. The van der Waals surface area contributed by atoms with Gasteiger partial charge in [0.05, 0.1) is 23.6 Å². The average molecular weight is 434 g/mol. The molecule has 0 saturated carbocycles. The maximum Gasteiger partial charge on any atom is 0.255 e.